The van der Waals surface area contributed by atoms with Crippen LogP contribution < -0.4 is 5.73 Å². The number of rotatable bonds is 4. The first-order chi connectivity index (χ1) is 14.7. The zero-order chi connectivity index (χ0) is 20.6. The second kappa shape index (κ2) is 7.98. The smallest absolute Gasteiger partial charge is 0.0783 e. The van der Waals surface area contributed by atoms with E-state index in [-0.39, 0.29) is 5.54 Å². The van der Waals surface area contributed by atoms with E-state index in [0.29, 0.717) is 0 Å². The summed E-state index contributed by atoms with van der Waals surface area (Å²) >= 11 is 0. The summed E-state index contributed by atoms with van der Waals surface area (Å²) in [4.78, 5) is 7.73. The van der Waals surface area contributed by atoms with Crippen LogP contribution in [0, 0.1) is 0 Å². The lowest BCUT2D eigenvalue weighted by molar-refractivity contribution is 0.253. The largest absolute Gasteiger partial charge is 0.321 e. The zero-order valence-corrected chi connectivity index (χ0v) is 17.9. The lowest BCUT2D eigenvalue weighted by Gasteiger charge is -2.38. The maximum atomic E-state index is 6.55. The first-order valence-electron chi connectivity index (χ1n) is 11.3. The molecule has 1 saturated carbocycles. The molecule has 3 aliphatic rings. The van der Waals surface area contributed by atoms with Crippen molar-refractivity contribution >= 4 is 5.57 Å². The molecule has 0 unspecified atom stereocenters. The van der Waals surface area contributed by atoms with E-state index < -0.39 is 0 Å². The second-order valence-electron chi connectivity index (χ2n) is 8.88. The second-order valence-corrected chi connectivity index (χ2v) is 8.88. The van der Waals surface area contributed by atoms with Gasteiger partial charge in [-0.05, 0) is 55.0 Å². The first kappa shape index (κ1) is 19.5. The zero-order valence-electron chi connectivity index (χ0n) is 17.9. The van der Waals surface area contributed by atoms with Gasteiger partial charge in [-0.2, -0.15) is 0 Å². The molecule has 2 N–H and O–H groups in total. The van der Waals surface area contributed by atoms with Crippen molar-refractivity contribution in [2.24, 2.45) is 5.73 Å². The Morgan fingerprint density at radius 2 is 1.97 bits per heavy atom. The van der Waals surface area contributed by atoms with Crippen molar-refractivity contribution < 1.29 is 0 Å². The fourth-order valence-corrected chi connectivity index (χ4v) is 4.81. The van der Waals surface area contributed by atoms with E-state index in [1.54, 1.807) is 0 Å². The molecule has 0 bridgehead atoms. The van der Waals surface area contributed by atoms with Crippen LogP contribution in [-0.4, -0.2) is 23.0 Å². The molecule has 1 aromatic heterocycles. The highest BCUT2D eigenvalue weighted by Gasteiger charge is 2.34. The molecular formula is C27H31N3. The van der Waals surface area contributed by atoms with Gasteiger partial charge in [0.1, 0.15) is 0 Å². The van der Waals surface area contributed by atoms with Gasteiger partial charge in [-0.3, -0.25) is 9.88 Å². The molecule has 0 atom stereocenters. The number of nitrogens with two attached hydrogens (primary N) is 1. The summed E-state index contributed by atoms with van der Waals surface area (Å²) in [6.45, 7) is 5.41. The standard InChI is InChI=1S/C27H31N3/c1-2-30-17-14-25-22(19-30)18-24(20-8-5-3-4-6-9-20)26(29-25)21-10-12-23(13-11-21)27(28)15-7-16-27/h3,5-6,8-13,18H,2,4,7,14-17,19,28H2,1H3. The third kappa shape index (κ3) is 3.57. The minimum atomic E-state index is -0.119. The summed E-state index contributed by atoms with van der Waals surface area (Å²) in [5, 5.41) is 0. The summed E-state index contributed by atoms with van der Waals surface area (Å²) in [6, 6.07) is 11.3. The van der Waals surface area contributed by atoms with Gasteiger partial charge in [0.25, 0.3) is 0 Å². The third-order valence-electron chi connectivity index (χ3n) is 6.97. The molecule has 154 valence electrons. The van der Waals surface area contributed by atoms with Crippen molar-refractivity contribution in [2.75, 3.05) is 13.1 Å². The number of aromatic nitrogens is 1. The third-order valence-corrected chi connectivity index (χ3v) is 6.97. The van der Waals surface area contributed by atoms with Crippen LogP contribution in [0.5, 0.6) is 0 Å². The van der Waals surface area contributed by atoms with Gasteiger partial charge in [-0.1, -0.05) is 61.6 Å². The van der Waals surface area contributed by atoms with Crippen LogP contribution in [0.1, 0.15) is 55.0 Å². The van der Waals surface area contributed by atoms with Gasteiger partial charge in [-0.25, -0.2) is 0 Å². The molecule has 3 nitrogen and oxygen atoms in total. The lowest BCUT2D eigenvalue weighted by Crippen LogP contribution is -2.43. The maximum Gasteiger partial charge on any atom is 0.0783 e. The fraction of sp³-hybridized carbons (Fsp3) is 0.370. The van der Waals surface area contributed by atoms with Gasteiger partial charge >= 0.3 is 0 Å². The molecule has 2 heterocycles. The fourth-order valence-electron chi connectivity index (χ4n) is 4.81. The molecule has 5 rings (SSSR count). The summed E-state index contributed by atoms with van der Waals surface area (Å²) in [7, 11) is 0. The van der Waals surface area contributed by atoms with Gasteiger partial charge in [0.2, 0.25) is 0 Å². The SMILES string of the molecule is CCN1CCc2nc(-c3ccc(C4(N)CCC4)cc3)c(C3=CC=CCC=C3)cc2C1. The van der Waals surface area contributed by atoms with Crippen molar-refractivity contribution in [3.8, 4) is 11.3 Å². The number of benzene rings is 1. The normalized spacial score (nSPS) is 20.3. The molecule has 2 aliphatic carbocycles. The van der Waals surface area contributed by atoms with Crippen molar-refractivity contribution in [3.05, 3.63) is 83.1 Å². The topological polar surface area (TPSA) is 42.2 Å². The number of hydrogen-bond donors (Lipinski definition) is 1. The van der Waals surface area contributed by atoms with Crippen LogP contribution in [0.4, 0.5) is 0 Å². The van der Waals surface area contributed by atoms with Gasteiger partial charge in [0.15, 0.2) is 0 Å². The number of fused-ring (bicyclic) bond motifs is 1. The summed E-state index contributed by atoms with van der Waals surface area (Å²) in [5.41, 5.74) is 15.1. The van der Waals surface area contributed by atoms with E-state index in [2.05, 4.69) is 72.5 Å². The van der Waals surface area contributed by atoms with E-state index in [1.165, 1.54) is 39.9 Å². The number of likely N-dealkylation sites (N-methyl/N-ethyl adjacent to an activating group) is 1. The number of pyridine rings is 1. The Morgan fingerprint density at radius 1 is 1.13 bits per heavy atom. The lowest BCUT2D eigenvalue weighted by atomic mass is 9.72. The molecule has 0 spiro atoms. The van der Waals surface area contributed by atoms with Crippen LogP contribution in [0.25, 0.3) is 16.8 Å². The minimum Gasteiger partial charge on any atom is -0.321 e. The van der Waals surface area contributed by atoms with Gasteiger partial charge in [-0.15, -0.1) is 0 Å². The highest BCUT2D eigenvalue weighted by atomic mass is 15.1. The van der Waals surface area contributed by atoms with E-state index in [4.69, 9.17) is 10.7 Å². The van der Waals surface area contributed by atoms with Crippen LogP contribution in [-0.2, 0) is 18.5 Å². The van der Waals surface area contributed by atoms with Crippen molar-refractivity contribution in [1.29, 1.82) is 0 Å². The monoisotopic (exact) mass is 397 g/mol. The molecule has 0 radical (unpaired) electrons. The number of hydrogen-bond acceptors (Lipinski definition) is 3. The Kier molecular flexibility index (Phi) is 5.18. The predicted molar refractivity (Wildman–Crippen MR) is 125 cm³/mol. The Labute approximate surface area is 180 Å². The van der Waals surface area contributed by atoms with E-state index in [0.717, 1.165) is 51.0 Å². The van der Waals surface area contributed by atoms with Crippen molar-refractivity contribution in [3.63, 3.8) is 0 Å². The molecule has 0 saturated heterocycles. The minimum absolute atomic E-state index is 0.119. The summed E-state index contributed by atoms with van der Waals surface area (Å²) < 4.78 is 0. The highest BCUT2D eigenvalue weighted by Crippen LogP contribution is 2.40. The van der Waals surface area contributed by atoms with Gasteiger partial charge in [0.05, 0.1) is 5.69 Å². The molecule has 1 aromatic carbocycles. The van der Waals surface area contributed by atoms with Crippen LogP contribution in [0.15, 0.2) is 60.7 Å². The average molecular weight is 398 g/mol. The molecule has 1 aliphatic heterocycles. The van der Waals surface area contributed by atoms with Gasteiger partial charge < -0.3 is 5.73 Å². The first-order valence-corrected chi connectivity index (χ1v) is 11.3. The Bertz CT molecular complexity index is 1020. The molecule has 3 heteroatoms. The quantitative estimate of drug-likeness (QED) is 0.755. The molecule has 2 aromatic rings. The van der Waals surface area contributed by atoms with E-state index >= 15 is 0 Å². The van der Waals surface area contributed by atoms with E-state index in [1.807, 2.05) is 0 Å². The van der Waals surface area contributed by atoms with Crippen molar-refractivity contribution in [2.45, 2.75) is 51.1 Å². The Hall–Kier alpha value is -2.49. The van der Waals surface area contributed by atoms with Crippen LogP contribution in [0.2, 0.25) is 0 Å². The predicted octanol–water partition coefficient (Wildman–Crippen LogP) is 5.36. The Morgan fingerprint density at radius 3 is 2.70 bits per heavy atom. The van der Waals surface area contributed by atoms with E-state index in [9.17, 15) is 0 Å². The highest BCUT2D eigenvalue weighted by molar-refractivity contribution is 5.85. The Balaban J connectivity index is 1.59. The number of allylic oxidation sites excluding steroid dienone is 6. The van der Waals surface area contributed by atoms with Gasteiger partial charge in [0, 0.05) is 41.9 Å². The summed E-state index contributed by atoms with van der Waals surface area (Å²) in [6.07, 6.45) is 16.5. The molecule has 0 amide bonds. The van der Waals surface area contributed by atoms with Crippen LogP contribution in [0.3, 0.4) is 0 Å². The number of nitrogens with zero attached hydrogens (tertiary/aromatic N) is 2. The molecular weight excluding hydrogens is 366 g/mol. The molecule has 1 fully saturated rings. The molecule has 30 heavy (non-hydrogen) atoms. The average Bonchev–Trinajstić information content (AvgIpc) is 3.06. The summed E-state index contributed by atoms with van der Waals surface area (Å²) in [5.74, 6) is 0. The van der Waals surface area contributed by atoms with Crippen LogP contribution >= 0.6 is 0 Å². The van der Waals surface area contributed by atoms with Crippen molar-refractivity contribution in [1.82, 2.24) is 9.88 Å². The maximum absolute atomic E-state index is 6.55.